The fraction of sp³-hybridized carbons (Fsp3) is 0.233. The van der Waals surface area contributed by atoms with Gasteiger partial charge in [0.15, 0.2) is 11.5 Å². The number of anilines is 1. The smallest absolute Gasteiger partial charge is 0.419 e. The van der Waals surface area contributed by atoms with E-state index in [1.165, 1.54) is 20.4 Å². The predicted molar refractivity (Wildman–Crippen MR) is 148 cm³/mol. The first-order chi connectivity index (χ1) is 20.0. The molecule has 4 rings (SSSR count). The second kappa shape index (κ2) is 12.8. The summed E-state index contributed by atoms with van der Waals surface area (Å²) >= 11 is 0. The highest BCUT2D eigenvalue weighted by Gasteiger charge is 2.34. The maximum absolute atomic E-state index is 13.6. The molecule has 0 unspecified atom stereocenters. The highest BCUT2D eigenvalue weighted by atomic mass is 19.4. The van der Waals surface area contributed by atoms with Crippen molar-refractivity contribution in [2.75, 3.05) is 26.1 Å². The molecule has 0 aromatic heterocycles. The van der Waals surface area contributed by atoms with Gasteiger partial charge in [0, 0.05) is 49.2 Å². The van der Waals surface area contributed by atoms with Gasteiger partial charge in [-0.15, -0.1) is 0 Å². The lowest BCUT2D eigenvalue weighted by atomic mass is 10.0. The Morgan fingerprint density at radius 2 is 1.71 bits per heavy atom. The average Bonchev–Trinajstić information content (AvgIpc) is 2.97. The molecule has 1 aliphatic rings. The summed E-state index contributed by atoms with van der Waals surface area (Å²) in [4.78, 5) is 27.5. The summed E-state index contributed by atoms with van der Waals surface area (Å²) in [6.07, 6.45) is -3.24. The van der Waals surface area contributed by atoms with Crippen molar-refractivity contribution in [3.63, 3.8) is 0 Å². The van der Waals surface area contributed by atoms with E-state index in [1.54, 1.807) is 35.2 Å². The number of hydrogen-bond donors (Lipinski definition) is 3. The van der Waals surface area contributed by atoms with Gasteiger partial charge in [-0.2, -0.15) is 13.2 Å². The first kappa shape index (κ1) is 30.1. The van der Waals surface area contributed by atoms with E-state index in [2.05, 4.69) is 10.6 Å². The largest absolute Gasteiger partial charge is 0.493 e. The normalized spacial score (nSPS) is 13.3. The quantitative estimate of drug-likeness (QED) is 0.287. The highest BCUT2D eigenvalue weighted by molar-refractivity contribution is 6.24. The van der Waals surface area contributed by atoms with E-state index >= 15 is 0 Å². The van der Waals surface area contributed by atoms with Crippen molar-refractivity contribution in [1.82, 2.24) is 10.2 Å². The number of halogens is 4. The van der Waals surface area contributed by atoms with Crippen LogP contribution in [0.15, 0.2) is 72.4 Å². The Bertz CT molecular complexity index is 1540. The average molecular weight is 585 g/mol. The summed E-state index contributed by atoms with van der Waals surface area (Å²) in [6, 6.07) is 14.4. The molecule has 42 heavy (non-hydrogen) atoms. The molecule has 1 aliphatic heterocycles. The monoisotopic (exact) mass is 584 g/mol. The molecular weight excluding hydrogens is 556 g/mol. The van der Waals surface area contributed by atoms with E-state index < -0.39 is 23.5 Å². The number of amides is 2. The van der Waals surface area contributed by atoms with Gasteiger partial charge < -0.3 is 30.4 Å². The van der Waals surface area contributed by atoms with Crippen molar-refractivity contribution in [3.8, 4) is 11.5 Å². The lowest BCUT2D eigenvalue weighted by Gasteiger charge is -2.27. The van der Waals surface area contributed by atoms with E-state index in [4.69, 9.17) is 14.9 Å². The van der Waals surface area contributed by atoms with E-state index in [-0.39, 0.29) is 35.8 Å². The van der Waals surface area contributed by atoms with E-state index in [9.17, 15) is 27.2 Å². The molecular formula is C30H28F4N4O4. The summed E-state index contributed by atoms with van der Waals surface area (Å²) in [6.45, 7) is 0.993. The van der Waals surface area contributed by atoms with Crippen molar-refractivity contribution >= 4 is 23.2 Å². The van der Waals surface area contributed by atoms with Crippen LogP contribution in [0.3, 0.4) is 0 Å². The van der Waals surface area contributed by atoms with Crippen LogP contribution in [0, 0.1) is 11.2 Å². The maximum atomic E-state index is 13.6. The lowest BCUT2D eigenvalue weighted by molar-refractivity contribution is -0.140. The van der Waals surface area contributed by atoms with Gasteiger partial charge in [-0.05, 0) is 53.6 Å². The Kier molecular flexibility index (Phi) is 9.14. The third-order valence-electron chi connectivity index (χ3n) is 6.54. The standard InChI is InChI=1S/C30H28F4N4O4/c1-41-26-9-6-18(13-27(26)42-2)15-36-28(39)20-5-3-4-19(12-20)16-38-11-10-25(35)22(17-38)29(40)37-21-7-8-24(31)23(14-21)30(32,33)34/h3-9,12-14,17,35H,10-11,15-16H2,1-2H3,(H,36,39)(H,37,40). The van der Waals surface area contributed by atoms with Crippen LogP contribution < -0.4 is 20.1 Å². The second-order valence-corrected chi connectivity index (χ2v) is 9.46. The number of ether oxygens (including phenoxy) is 2. The summed E-state index contributed by atoms with van der Waals surface area (Å²) < 4.78 is 63.3. The summed E-state index contributed by atoms with van der Waals surface area (Å²) in [5.74, 6) is -1.40. The third kappa shape index (κ3) is 7.25. The molecule has 0 bridgehead atoms. The number of hydrogen-bond acceptors (Lipinski definition) is 6. The van der Waals surface area contributed by atoms with E-state index in [0.29, 0.717) is 42.3 Å². The molecule has 0 aliphatic carbocycles. The molecule has 1 heterocycles. The van der Waals surface area contributed by atoms with E-state index in [0.717, 1.165) is 17.2 Å². The van der Waals surface area contributed by atoms with Crippen LogP contribution >= 0.6 is 0 Å². The summed E-state index contributed by atoms with van der Waals surface area (Å²) in [7, 11) is 3.07. The van der Waals surface area contributed by atoms with Crippen LogP contribution in [0.25, 0.3) is 0 Å². The van der Waals surface area contributed by atoms with Crippen LogP contribution in [0.4, 0.5) is 23.2 Å². The van der Waals surface area contributed by atoms with Gasteiger partial charge >= 0.3 is 6.18 Å². The van der Waals surface area contributed by atoms with E-state index in [1.807, 2.05) is 12.1 Å². The first-order valence-electron chi connectivity index (χ1n) is 12.8. The molecule has 3 aromatic carbocycles. The predicted octanol–water partition coefficient (Wildman–Crippen LogP) is 5.54. The Morgan fingerprint density at radius 1 is 0.952 bits per heavy atom. The zero-order chi connectivity index (χ0) is 30.4. The SMILES string of the molecule is COc1ccc(CNC(=O)c2cccc(CN3C=C(C(=O)Nc4ccc(F)c(C(F)(F)F)c4)C(=N)CC3)c2)cc1OC. The van der Waals surface area contributed by atoms with Gasteiger partial charge in [-0.1, -0.05) is 18.2 Å². The molecule has 0 saturated carbocycles. The topological polar surface area (TPSA) is 104 Å². The minimum atomic E-state index is -4.92. The van der Waals surface area contributed by atoms with Crippen LogP contribution in [0.5, 0.6) is 11.5 Å². The molecule has 0 fully saturated rings. The zero-order valence-corrected chi connectivity index (χ0v) is 22.8. The third-order valence-corrected chi connectivity index (χ3v) is 6.54. The van der Waals surface area contributed by atoms with Gasteiger partial charge in [0.2, 0.25) is 0 Å². The molecule has 220 valence electrons. The molecule has 0 spiro atoms. The van der Waals surface area contributed by atoms with Crippen molar-refractivity contribution < 1.29 is 36.6 Å². The van der Waals surface area contributed by atoms with Gasteiger partial charge in [-0.25, -0.2) is 4.39 Å². The minimum absolute atomic E-state index is 0.0187. The van der Waals surface area contributed by atoms with Crippen molar-refractivity contribution in [3.05, 3.63) is 101 Å². The Labute approximate surface area is 239 Å². The molecule has 12 heteroatoms. The molecule has 3 N–H and O–H groups in total. The van der Waals surface area contributed by atoms with Gasteiger partial charge in [0.1, 0.15) is 5.82 Å². The van der Waals surface area contributed by atoms with Crippen LogP contribution in [-0.2, 0) is 24.1 Å². The highest BCUT2D eigenvalue weighted by Crippen LogP contribution is 2.33. The van der Waals surface area contributed by atoms with Crippen LogP contribution in [-0.4, -0.2) is 43.2 Å². The van der Waals surface area contributed by atoms with Crippen molar-refractivity contribution in [2.45, 2.75) is 25.7 Å². The molecule has 0 atom stereocenters. The molecule has 0 radical (unpaired) electrons. The van der Waals surface area contributed by atoms with Gasteiger partial charge in [0.05, 0.1) is 25.4 Å². The van der Waals surface area contributed by atoms with Gasteiger partial charge in [0.25, 0.3) is 11.8 Å². The fourth-order valence-corrected chi connectivity index (χ4v) is 4.37. The summed E-state index contributed by atoms with van der Waals surface area (Å²) in [5.41, 5.74) is 0.268. The van der Waals surface area contributed by atoms with Crippen molar-refractivity contribution in [1.29, 1.82) is 5.41 Å². The van der Waals surface area contributed by atoms with Crippen LogP contribution in [0.2, 0.25) is 0 Å². The summed E-state index contributed by atoms with van der Waals surface area (Å²) in [5, 5.41) is 13.4. The molecule has 0 saturated heterocycles. The number of alkyl halides is 3. The first-order valence-corrected chi connectivity index (χ1v) is 12.8. The minimum Gasteiger partial charge on any atom is -0.493 e. The second-order valence-electron chi connectivity index (χ2n) is 9.46. The number of nitrogens with zero attached hydrogens (tertiary/aromatic N) is 1. The number of carbonyl (C=O) groups is 2. The zero-order valence-electron chi connectivity index (χ0n) is 22.8. The van der Waals surface area contributed by atoms with Crippen LogP contribution in [0.1, 0.15) is 33.5 Å². The lowest BCUT2D eigenvalue weighted by Crippen LogP contribution is -2.32. The molecule has 3 aromatic rings. The Hall–Kier alpha value is -4.87. The maximum Gasteiger partial charge on any atom is 0.419 e. The molecule has 2 amide bonds. The van der Waals surface area contributed by atoms with Gasteiger partial charge in [-0.3, -0.25) is 9.59 Å². The number of carbonyl (C=O) groups excluding carboxylic acids is 2. The fourth-order valence-electron chi connectivity index (χ4n) is 4.37. The number of nitrogens with one attached hydrogen (secondary N) is 3. The van der Waals surface area contributed by atoms with Crippen molar-refractivity contribution in [2.24, 2.45) is 0 Å². The Morgan fingerprint density at radius 3 is 2.43 bits per heavy atom. The number of rotatable bonds is 9. The molecule has 8 nitrogen and oxygen atoms in total. The number of benzene rings is 3. The number of methoxy groups -OCH3 is 2. The Balaban J connectivity index is 1.42.